The zero-order valence-corrected chi connectivity index (χ0v) is 24.5. The minimum absolute atomic E-state index is 0.799. The Labute approximate surface area is 264 Å². The lowest BCUT2D eigenvalue weighted by atomic mass is 9.97. The second-order valence-electron chi connectivity index (χ2n) is 11.2. The second-order valence-corrected chi connectivity index (χ2v) is 11.2. The van der Waals surface area contributed by atoms with Crippen molar-refractivity contribution in [3.8, 4) is 45.2 Å². The molecule has 0 atom stereocenters. The summed E-state index contributed by atoms with van der Waals surface area (Å²) >= 11 is 0. The van der Waals surface area contributed by atoms with Gasteiger partial charge in [-0.05, 0) is 65.0 Å². The van der Waals surface area contributed by atoms with E-state index in [2.05, 4.69) is 93.8 Å². The molecule has 0 fully saturated rings. The molecule has 6 heterocycles. The summed E-state index contributed by atoms with van der Waals surface area (Å²) < 4.78 is 0. The third-order valence-electron chi connectivity index (χ3n) is 8.45. The average Bonchev–Trinajstić information content (AvgIpc) is 3.14. The first-order valence-corrected chi connectivity index (χ1v) is 15.1. The molecule has 9 rings (SSSR count). The monoisotopic (exact) mass is 588 g/mol. The van der Waals surface area contributed by atoms with Crippen molar-refractivity contribution >= 4 is 43.5 Å². The summed E-state index contributed by atoms with van der Waals surface area (Å²) in [5.74, 6) is 0. The van der Waals surface area contributed by atoms with Crippen LogP contribution in [0.4, 0.5) is 0 Å². The molecule has 0 saturated heterocycles. The molecular formula is C40H24N6. The molecule has 0 aliphatic heterocycles. The summed E-state index contributed by atoms with van der Waals surface area (Å²) in [5, 5.41) is 5.29. The largest absolute Gasteiger partial charge is 0.255 e. The van der Waals surface area contributed by atoms with Crippen LogP contribution in [0.2, 0.25) is 0 Å². The molecule has 0 radical (unpaired) electrons. The van der Waals surface area contributed by atoms with E-state index in [9.17, 15) is 0 Å². The standard InChI is InChI=1S/C40H24N6/c1-2-10-30-29(9-1)32-24-44-40-31(18-17-26-8-7-21-43-38(26)40)39(32)46-37(30)27-15-13-25(14-16-27)28-22-35(33-11-3-5-19-41-33)45-36(23-28)34-12-4-6-20-42-34/h1-24H. The Morgan fingerprint density at radius 2 is 1.02 bits per heavy atom. The van der Waals surface area contributed by atoms with E-state index in [1.54, 1.807) is 12.4 Å². The van der Waals surface area contributed by atoms with Crippen LogP contribution in [0.3, 0.4) is 0 Å². The fourth-order valence-electron chi connectivity index (χ4n) is 6.23. The van der Waals surface area contributed by atoms with E-state index in [-0.39, 0.29) is 0 Å². The number of hydrogen-bond donors (Lipinski definition) is 0. The number of rotatable bonds is 4. The third kappa shape index (κ3) is 4.35. The van der Waals surface area contributed by atoms with Gasteiger partial charge in [-0.25, -0.2) is 9.97 Å². The van der Waals surface area contributed by atoms with Crippen molar-refractivity contribution in [3.63, 3.8) is 0 Å². The zero-order valence-electron chi connectivity index (χ0n) is 24.5. The predicted molar refractivity (Wildman–Crippen MR) is 185 cm³/mol. The van der Waals surface area contributed by atoms with Crippen LogP contribution in [-0.4, -0.2) is 29.9 Å². The first kappa shape index (κ1) is 26.0. The predicted octanol–water partition coefficient (Wildman–Crippen LogP) is 9.34. The van der Waals surface area contributed by atoms with E-state index >= 15 is 0 Å². The molecule has 46 heavy (non-hydrogen) atoms. The molecule has 6 aromatic heterocycles. The highest BCUT2D eigenvalue weighted by Crippen LogP contribution is 2.37. The molecule has 214 valence electrons. The van der Waals surface area contributed by atoms with Crippen LogP contribution in [0.25, 0.3) is 88.6 Å². The van der Waals surface area contributed by atoms with Gasteiger partial charge >= 0.3 is 0 Å². The summed E-state index contributed by atoms with van der Waals surface area (Å²) in [6, 6.07) is 41.2. The van der Waals surface area contributed by atoms with Crippen LogP contribution in [-0.2, 0) is 0 Å². The van der Waals surface area contributed by atoms with Crippen molar-refractivity contribution in [1.29, 1.82) is 0 Å². The molecule has 0 aliphatic rings. The number of pyridine rings is 6. The van der Waals surface area contributed by atoms with Crippen LogP contribution in [0.1, 0.15) is 0 Å². The van der Waals surface area contributed by atoms with Gasteiger partial charge in [0.1, 0.15) is 0 Å². The Morgan fingerprint density at radius 3 is 1.74 bits per heavy atom. The molecule has 3 aromatic carbocycles. The summed E-state index contributed by atoms with van der Waals surface area (Å²) in [6.07, 6.45) is 7.34. The number of benzene rings is 3. The normalized spacial score (nSPS) is 11.5. The maximum atomic E-state index is 5.32. The van der Waals surface area contributed by atoms with Gasteiger partial charge in [0.2, 0.25) is 0 Å². The van der Waals surface area contributed by atoms with Gasteiger partial charge in [-0.3, -0.25) is 19.9 Å². The second kappa shape index (κ2) is 10.6. The molecule has 0 unspecified atom stereocenters. The molecule has 0 saturated carbocycles. The molecule has 0 N–H and O–H groups in total. The van der Waals surface area contributed by atoms with E-state index in [1.807, 2.05) is 54.9 Å². The van der Waals surface area contributed by atoms with E-state index in [4.69, 9.17) is 15.0 Å². The van der Waals surface area contributed by atoms with Gasteiger partial charge in [0, 0.05) is 51.9 Å². The number of fused-ring (bicyclic) bond motifs is 7. The highest BCUT2D eigenvalue weighted by atomic mass is 14.8. The van der Waals surface area contributed by atoms with Crippen LogP contribution in [0.5, 0.6) is 0 Å². The first-order chi connectivity index (χ1) is 22.8. The van der Waals surface area contributed by atoms with Gasteiger partial charge in [0.15, 0.2) is 0 Å². The Bertz CT molecular complexity index is 2510. The van der Waals surface area contributed by atoms with Crippen LogP contribution in [0.15, 0.2) is 146 Å². The summed E-state index contributed by atoms with van der Waals surface area (Å²) in [5.41, 5.74) is 9.97. The first-order valence-electron chi connectivity index (χ1n) is 15.1. The van der Waals surface area contributed by atoms with Gasteiger partial charge in [0.25, 0.3) is 0 Å². The van der Waals surface area contributed by atoms with Gasteiger partial charge in [-0.2, -0.15) is 0 Å². The SMILES string of the molecule is c1ccc(-c2cc(-c3ccc(-c4nc5c(cnc6c5ccc5cccnc56)c5ccccc45)cc3)cc(-c3ccccn3)n2)nc1. The average molecular weight is 589 g/mol. The Kier molecular flexibility index (Phi) is 6.03. The van der Waals surface area contributed by atoms with Crippen LogP contribution < -0.4 is 0 Å². The van der Waals surface area contributed by atoms with Crippen LogP contribution in [0, 0.1) is 0 Å². The molecule has 0 amide bonds. The zero-order chi connectivity index (χ0) is 30.5. The summed E-state index contributed by atoms with van der Waals surface area (Å²) in [4.78, 5) is 28.9. The third-order valence-corrected chi connectivity index (χ3v) is 8.45. The lowest BCUT2D eigenvalue weighted by Gasteiger charge is -2.13. The maximum Gasteiger partial charge on any atom is 0.0986 e. The molecule has 6 nitrogen and oxygen atoms in total. The quantitative estimate of drug-likeness (QED) is 0.191. The highest BCUT2D eigenvalue weighted by Gasteiger charge is 2.16. The lowest BCUT2D eigenvalue weighted by Crippen LogP contribution is -1.94. The van der Waals surface area contributed by atoms with E-state index in [0.29, 0.717) is 0 Å². The lowest BCUT2D eigenvalue weighted by molar-refractivity contribution is 1.22. The molecular weight excluding hydrogens is 564 g/mol. The number of nitrogens with zero attached hydrogens (tertiary/aromatic N) is 6. The van der Waals surface area contributed by atoms with Crippen molar-refractivity contribution in [2.75, 3.05) is 0 Å². The smallest absolute Gasteiger partial charge is 0.0986 e. The van der Waals surface area contributed by atoms with Gasteiger partial charge in [0.05, 0.1) is 45.0 Å². The number of aromatic nitrogens is 6. The molecule has 0 spiro atoms. The van der Waals surface area contributed by atoms with Crippen LogP contribution >= 0.6 is 0 Å². The Balaban J connectivity index is 1.21. The van der Waals surface area contributed by atoms with E-state index in [1.165, 1.54) is 0 Å². The van der Waals surface area contributed by atoms with E-state index in [0.717, 1.165) is 88.6 Å². The highest BCUT2D eigenvalue weighted by molar-refractivity contribution is 6.20. The Hall–Kier alpha value is -6.40. The molecule has 0 bridgehead atoms. The molecule has 9 aromatic rings. The summed E-state index contributed by atoms with van der Waals surface area (Å²) in [7, 11) is 0. The van der Waals surface area contributed by atoms with Crippen molar-refractivity contribution in [1.82, 2.24) is 29.9 Å². The number of hydrogen-bond acceptors (Lipinski definition) is 6. The molecule has 0 aliphatic carbocycles. The van der Waals surface area contributed by atoms with Crippen molar-refractivity contribution < 1.29 is 0 Å². The van der Waals surface area contributed by atoms with E-state index < -0.39 is 0 Å². The minimum Gasteiger partial charge on any atom is -0.255 e. The van der Waals surface area contributed by atoms with Gasteiger partial charge in [-0.15, -0.1) is 0 Å². The summed E-state index contributed by atoms with van der Waals surface area (Å²) in [6.45, 7) is 0. The molecule has 6 heteroatoms. The van der Waals surface area contributed by atoms with Gasteiger partial charge in [-0.1, -0.05) is 72.8 Å². The fraction of sp³-hybridized carbons (Fsp3) is 0. The topological polar surface area (TPSA) is 77.3 Å². The van der Waals surface area contributed by atoms with Crippen molar-refractivity contribution in [2.45, 2.75) is 0 Å². The Morgan fingerprint density at radius 1 is 0.348 bits per heavy atom. The maximum absolute atomic E-state index is 5.32. The van der Waals surface area contributed by atoms with Crippen molar-refractivity contribution in [2.24, 2.45) is 0 Å². The van der Waals surface area contributed by atoms with Crippen molar-refractivity contribution in [3.05, 3.63) is 146 Å². The van der Waals surface area contributed by atoms with Gasteiger partial charge < -0.3 is 0 Å². The fourth-order valence-corrected chi connectivity index (χ4v) is 6.23. The minimum atomic E-state index is 0.799.